The Labute approximate surface area is 85.1 Å². The van der Waals surface area contributed by atoms with Crippen molar-refractivity contribution in [3.8, 4) is 5.63 Å². The van der Waals surface area contributed by atoms with Gasteiger partial charge in [-0.05, 0) is 0 Å². The van der Waals surface area contributed by atoms with Gasteiger partial charge in [-0.2, -0.15) is 0 Å². The number of nitrogens with one attached hydrogen (secondary N) is 1. The second-order valence-corrected chi connectivity index (χ2v) is 1.75. The van der Waals surface area contributed by atoms with Gasteiger partial charge in [0.1, 0.15) is 0 Å². The Morgan fingerprint density at radius 2 is 2.18 bits per heavy atom. The Bertz CT molecular complexity index is 189. The van der Waals surface area contributed by atoms with Gasteiger partial charge < -0.3 is 5.48 Å². The van der Waals surface area contributed by atoms with E-state index < -0.39 is 5.97 Å². The zero-order chi connectivity index (χ0) is 7.11. The van der Waals surface area contributed by atoms with Gasteiger partial charge in [-0.3, -0.25) is 0 Å². The van der Waals surface area contributed by atoms with Gasteiger partial charge in [0.25, 0.3) is 0 Å². The van der Waals surface area contributed by atoms with Gasteiger partial charge in [0, 0.05) is 27.3 Å². The number of rotatable bonds is 3. The molecule has 0 aliphatic heterocycles. The molecular weight excluding hydrogens is 269 g/mol. The van der Waals surface area contributed by atoms with Gasteiger partial charge in [-0.15, -0.1) is 0 Å². The SMILES string of the molecule is O.O=P#CCNCC(=O)O.[Cd]. The molecule has 0 atom stereocenters. The number of carboxylic acids is 1. The van der Waals surface area contributed by atoms with Crippen LogP contribution < -0.4 is 5.32 Å². The Kier molecular flexibility index (Phi) is 20.5. The first-order chi connectivity index (χ1) is 4.27. The third-order valence-electron chi connectivity index (χ3n) is 0.545. The third kappa shape index (κ3) is 17.9. The van der Waals surface area contributed by atoms with Crippen molar-refractivity contribution in [1.29, 1.82) is 0 Å². The predicted octanol–water partition coefficient (Wildman–Crippen LogP) is -0.916. The van der Waals surface area contributed by atoms with Crippen molar-refractivity contribution in [2.45, 2.75) is 0 Å². The van der Waals surface area contributed by atoms with Crippen molar-refractivity contribution in [3.63, 3.8) is 0 Å². The first kappa shape index (κ1) is 17.4. The molecule has 0 aromatic carbocycles. The van der Waals surface area contributed by atoms with Crippen LogP contribution in [0.5, 0.6) is 0 Å². The molecule has 4 N–H and O–H groups in total. The molecule has 0 aromatic rings. The predicted molar refractivity (Wildman–Crippen MR) is 35.6 cm³/mol. The van der Waals surface area contributed by atoms with Crippen molar-refractivity contribution in [2.75, 3.05) is 13.1 Å². The Morgan fingerprint density at radius 3 is 2.55 bits per heavy atom. The summed E-state index contributed by atoms with van der Waals surface area (Å²) >= 11 is 0. The molecule has 0 aliphatic carbocycles. The van der Waals surface area contributed by atoms with Crippen LogP contribution in [0.25, 0.3) is 0 Å². The average molecular weight is 277 g/mol. The van der Waals surface area contributed by atoms with E-state index in [4.69, 9.17) is 5.11 Å². The van der Waals surface area contributed by atoms with Crippen LogP contribution in [0.1, 0.15) is 0 Å². The summed E-state index contributed by atoms with van der Waals surface area (Å²) in [6, 6.07) is 0. The van der Waals surface area contributed by atoms with Crippen molar-refractivity contribution >= 4 is 13.9 Å². The minimum Gasteiger partial charge on any atom is 0 e. The van der Waals surface area contributed by atoms with Crippen LogP contribution in [0.4, 0.5) is 0 Å². The van der Waals surface area contributed by atoms with Crippen molar-refractivity contribution in [2.24, 2.45) is 0 Å². The van der Waals surface area contributed by atoms with E-state index in [1.165, 1.54) is 0 Å². The fraction of sp³-hybridized carbons (Fsp3) is 0.500. The van der Waals surface area contributed by atoms with E-state index in [9.17, 15) is 9.36 Å². The van der Waals surface area contributed by atoms with Gasteiger partial charge in [0.15, 0.2) is 0 Å². The van der Waals surface area contributed by atoms with Crippen molar-refractivity contribution in [3.05, 3.63) is 0 Å². The standard InChI is InChI=1S/C4H6NO3P.Cd.H2O/c6-4(7)3-5-1-2-9-8;;/h5H,1,3H2,(H,6,7);;1H2. The van der Waals surface area contributed by atoms with E-state index in [0.29, 0.717) is 0 Å². The maximum atomic E-state index is 9.79. The summed E-state index contributed by atoms with van der Waals surface area (Å²) in [7, 11) is -0.198. The second kappa shape index (κ2) is 13.0. The van der Waals surface area contributed by atoms with Crippen LogP contribution in [0.3, 0.4) is 0 Å². The first-order valence-corrected chi connectivity index (χ1v) is 3.06. The molecule has 0 saturated carbocycles. The van der Waals surface area contributed by atoms with Crippen LogP contribution in [0.2, 0.25) is 0 Å². The largest absolute Gasteiger partial charge is 0 e. The molecule has 0 aromatic heterocycles. The van der Waals surface area contributed by atoms with Crippen LogP contribution >= 0.6 is 7.92 Å². The minimum absolute atomic E-state index is 0. The molecule has 0 rings (SSSR count). The molecule has 0 saturated heterocycles. The topological polar surface area (TPSA) is 97.9 Å². The molecule has 0 bridgehead atoms. The average Bonchev–Trinajstić information content (AvgIpc) is 1.80. The summed E-state index contributed by atoms with van der Waals surface area (Å²) in [4.78, 5) is 9.79. The summed E-state index contributed by atoms with van der Waals surface area (Å²) in [5, 5.41) is 10.5. The second-order valence-electron chi connectivity index (χ2n) is 1.25. The van der Waals surface area contributed by atoms with Crippen molar-refractivity contribution in [1.82, 2.24) is 5.32 Å². The monoisotopic (exact) mass is 279 g/mol. The molecule has 0 radical (unpaired) electrons. The van der Waals surface area contributed by atoms with Crippen LogP contribution in [0, 0.1) is 5.63 Å². The molecular formula is C4H8CdNO4P. The number of hydrogen-bond donors (Lipinski definition) is 2. The van der Waals surface area contributed by atoms with Crippen molar-refractivity contribution < 1.29 is 47.2 Å². The summed E-state index contributed by atoms with van der Waals surface area (Å²) in [6.45, 7) is 0.111. The normalized spacial score (nSPS) is 6.55. The summed E-state index contributed by atoms with van der Waals surface area (Å²) in [5.74, 6) is -0.931. The zero-order valence-corrected chi connectivity index (χ0v) is 10.8. The molecule has 60 valence electrons. The number of aliphatic carboxylic acids is 1. The molecule has 0 heterocycles. The molecule has 5 nitrogen and oxygen atoms in total. The molecule has 0 amide bonds. The fourth-order valence-corrected chi connectivity index (χ4v) is 0.434. The number of carboxylic acid groups (broad SMARTS) is 1. The van der Waals surface area contributed by atoms with Gasteiger partial charge in [-0.1, -0.05) is 0 Å². The Morgan fingerprint density at radius 1 is 1.64 bits per heavy atom. The smallest absolute Gasteiger partial charge is 0 e. The van der Waals surface area contributed by atoms with Crippen LogP contribution in [-0.2, 0) is 36.7 Å². The summed E-state index contributed by atoms with van der Waals surface area (Å²) < 4.78 is 9.65. The van der Waals surface area contributed by atoms with Crippen LogP contribution in [-0.4, -0.2) is 29.6 Å². The third-order valence-corrected chi connectivity index (χ3v) is 0.832. The van der Waals surface area contributed by atoms with E-state index in [1.54, 1.807) is 0 Å². The summed E-state index contributed by atoms with van der Waals surface area (Å²) in [5.41, 5.74) is 2.35. The van der Waals surface area contributed by atoms with Gasteiger partial charge in [0.2, 0.25) is 0 Å². The fourth-order valence-electron chi connectivity index (χ4n) is 0.258. The van der Waals surface area contributed by atoms with E-state index in [0.717, 1.165) is 0 Å². The van der Waals surface area contributed by atoms with E-state index >= 15 is 0 Å². The van der Waals surface area contributed by atoms with E-state index in [2.05, 4.69) is 10.9 Å². The van der Waals surface area contributed by atoms with Gasteiger partial charge in [0.05, 0.1) is 0 Å². The first-order valence-electron chi connectivity index (χ1n) is 2.25. The Hall–Kier alpha value is 0.322. The molecule has 0 unspecified atom stereocenters. The number of hydrogen-bond acceptors (Lipinski definition) is 3. The zero-order valence-electron chi connectivity index (χ0n) is 5.83. The van der Waals surface area contributed by atoms with Gasteiger partial charge >= 0.3 is 52.4 Å². The molecule has 11 heavy (non-hydrogen) atoms. The molecule has 7 heteroatoms. The van der Waals surface area contributed by atoms with E-state index in [-0.39, 0.29) is 53.8 Å². The number of carbonyl (C=O) groups is 1. The Balaban J connectivity index is -0.000000320. The quantitative estimate of drug-likeness (QED) is 0.396. The minimum atomic E-state index is -0.931. The summed E-state index contributed by atoms with van der Waals surface area (Å²) in [6.07, 6.45) is 0. The van der Waals surface area contributed by atoms with Gasteiger partial charge in [-0.25, -0.2) is 0 Å². The molecule has 0 fully saturated rings. The van der Waals surface area contributed by atoms with E-state index in [1.807, 2.05) is 0 Å². The maximum absolute atomic E-state index is 9.79. The molecule has 0 aliphatic rings. The van der Waals surface area contributed by atoms with Crippen LogP contribution in [0.15, 0.2) is 0 Å². The maximum Gasteiger partial charge on any atom is 0 e. The molecule has 0 spiro atoms.